The molecule has 1 saturated carbocycles. The standard InChI is InChI=1S/C16H34N2/c1-7-9-13(3)18(6)15-12-16(4,5)11-10-14(15)17-8-2/h13-15,17H,7-12H2,1-6H3. The van der Waals surface area contributed by atoms with E-state index in [9.17, 15) is 0 Å². The topological polar surface area (TPSA) is 15.3 Å². The number of hydrogen-bond acceptors (Lipinski definition) is 2. The summed E-state index contributed by atoms with van der Waals surface area (Å²) in [7, 11) is 2.33. The average molecular weight is 254 g/mol. The Hall–Kier alpha value is -0.0800. The molecule has 3 unspecified atom stereocenters. The van der Waals surface area contributed by atoms with E-state index in [1.165, 1.54) is 32.1 Å². The highest BCUT2D eigenvalue weighted by atomic mass is 15.2. The van der Waals surface area contributed by atoms with Crippen molar-refractivity contribution in [1.82, 2.24) is 10.2 Å². The lowest BCUT2D eigenvalue weighted by Gasteiger charge is -2.47. The van der Waals surface area contributed by atoms with Crippen LogP contribution < -0.4 is 5.32 Å². The Kier molecular flexibility index (Phi) is 6.13. The van der Waals surface area contributed by atoms with Crippen LogP contribution in [0.3, 0.4) is 0 Å². The van der Waals surface area contributed by atoms with Gasteiger partial charge in [0.05, 0.1) is 0 Å². The molecule has 0 radical (unpaired) electrons. The van der Waals surface area contributed by atoms with Crippen LogP contribution in [0.15, 0.2) is 0 Å². The van der Waals surface area contributed by atoms with Gasteiger partial charge in [0, 0.05) is 18.1 Å². The first-order valence-corrected chi connectivity index (χ1v) is 7.86. The molecule has 18 heavy (non-hydrogen) atoms. The fraction of sp³-hybridized carbons (Fsp3) is 1.00. The second-order valence-electron chi connectivity index (χ2n) is 6.94. The van der Waals surface area contributed by atoms with Gasteiger partial charge in [-0.1, -0.05) is 34.1 Å². The van der Waals surface area contributed by atoms with Crippen LogP contribution in [0, 0.1) is 5.41 Å². The van der Waals surface area contributed by atoms with Gasteiger partial charge in [-0.3, -0.25) is 4.90 Å². The van der Waals surface area contributed by atoms with E-state index >= 15 is 0 Å². The highest BCUT2D eigenvalue weighted by Crippen LogP contribution is 2.37. The predicted octanol–water partition coefficient (Wildman–Crippen LogP) is 3.66. The first kappa shape index (κ1) is 16.0. The molecule has 0 aromatic heterocycles. The molecule has 3 atom stereocenters. The molecule has 0 amide bonds. The summed E-state index contributed by atoms with van der Waals surface area (Å²) in [6.45, 7) is 12.9. The van der Waals surface area contributed by atoms with Gasteiger partial charge < -0.3 is 5.32 Å². The summed E-state index contributed by atoms with van der Waals surface area (Å²) in [5.74, 6) is 0. The highest BCUT2D eigenvalue weighted by molar-refractivity contribution is 4.94. The van der Waals surface area contributed by atoms with Crippen LogP contribution in [0.4, 0.5) is 0 Å². The van der Waals surface area contributed by atoms with E-state index < -0.39 is 0 Å². The summed E-state index contributed by atoms with van der Waals surface area (Å²) in [6.07, 6.45) is 6.61. The largest absolute Gasteiger partial charge is 0.313 e. The Morgan fingerprint density at radius 1 is 1.33 bits per heavy atom. The summed E-state index contributed by atoms with van der Waals surface area (Å²) in [4.78, 5) is 2.64. The maximum absolute atomic E-state index is 3.71. The Balaban J connectivity index is 2.70. The molecule has 1 fully saturated rings. The molecule has 0 aliphatic heterocycles. The van der Waals surface area contributed by atoms with Gasteiger partial charge in [0.15, 0.2) is 0 Å². The average Bonchev–Trinajstić information content (AvgIpc) is 2.31. The van der Waals surface area contributed by atoms with Gasteiger partial charge in [-0.2, -0.15) is 0 Å². The van der Waals surface area contributed by atoms with Crippen LogP contribution in [0.25, 0.3) is 0 Å². The van der Waals surface area contributed by atoms with Crippen molar-refractivity contribution in [3.63, 3.8) is 0 Å². The van der Waals surface area contributed by atoms with E-state index in [0.717, 1.165) is 6.54 Å². The summed E-state index contributed by atoms with van der Waals surface area (Å²) in [5, 5.41) is 3.71. The lowest BCUT2D eigenvalue weighted by atomic mass is 9.72. The molecule has 2 nitrogen and oxygen atoms in total. The number of rotatable bonds is 6. The molecule has 1 aliphatic carbocycles. The van der Waals surface area contributed by atoms with Gasteiger partial charge in [0.1, 0.15) is 0 Å². The quantitative estimate of drug-likeness (QED) is 0.778. The minimum absolute atomic E-state index is 0.511. The van der Waals surface area contributed by atoms with E-state index in [1.807, 2.05) is 0 Å². The molecular formula is C16H34N2. The van der Waals surface area contributed by atoms with Crippen LogP contribution in [0.5, 0.6) is 0 Å². The Morgan fingerprint density at radius 2 is 2.00 bits per heavy atom. The second-order valence-corrected chi connectivity index (χ2v) is 6.94. The molecule has 108 valence electrons. The third-order valence-corrected chi connectivity index (χ3v) is 4.75. The molecule has 0 heterocycles. The van der Waals surface area contributed by atoms with Gasteiger partial charge in [0.25, 0.3) is 0 Å². The van der Waals surface area contributed by atoms with E-state index in [2.05, 4.69) is 51.9 Å². The van der Waals surface area contributed by atoms with E-state index in [4.69, 9.17) is 0 Å². The molecule has 0 aromatic rings. The molecule has 1 N–H and O–H groups in total. The molecule has 0 spiro atoms. The summed E-state index contributed by atoms with van der Waals surface area (Å²) in [6, 6.07) is 2.10. The molecule has 0 saturated heterocycles. The molecule has 2 heteroatoms. The van der Waals surface area contributed by atoms with Gasteiger partial charge in [0.2, 0.25) is 0 Å². The predicted molar refractivity (Wildman–Crippen MR) is 81.0 cm³/mol. The third kappa shape index (κ3) is 4.24. The highest BCUT2D eigenvalue weighted by Gasteiger charge is 2.37. The third-order valence-electron chi connectivity index (χ3n) is 4.75. The Bertz CT molecular complexity index is 237. The monoisotopic (exact) mass is 254 g/mol. The Morgan fingerprint density at radius 3 is 2.56 bits per heavy atom. The molecular weight excluding hydrogens is 220 g/mol. The van der Waals surface area contributed by atoms with Crippen molar-refractivity contribution in [3.05, 3.63) is 0 Å². The van der Waals surface area contributed by atoms with Crippen LogP contribution in [0.1, 0.15) is 66.7 Å². The van der Waals surface area contributed by atoms with Crippen molar-refractivity contribution in [2.45, 2.75) is 84.8 Å². The lowest BCUT2D eigenvalue weighted by molar-refractivity contribution is 0.0574. The van der Waals surface area contributed by atoms with Gasteiger partial charge in [-0.25, -0.2) is 0 Å². The molecule has 1 rings (SSSR count). The van der Waals surface area contributed by atoms with E-state index in [-0.39, 0.29) is 0 Å². The fourth-order valence-electron chi connectivity index (χ4n) is 3.43. The van der Waals surface area contributed by atoms with Crippen molar-refractivity contribution >= 4 is 0 Å². The Labute approximate surface area is 115 Å². The van der Waals surface area contributed by atoms with Crippen molar-refractivity contribution in [1.29, 1.82) is 0 Å². The summed E-state index contributed by atoms with van der Waals surface area (Å²) < 4.78 is 0. The zero-order chi connectivity index (χ0) is 13.8. The van der Waals surface area contributed by atoms with Crippen LogP contribution in [0.2, 0.25) is 0 Å². The fourth-order valence-corrected chi connectivity index (χ4v) is 3.43. The van der Waals surface area contributed by atoms with Gasteiger partial charge in [-0.05, 0) is 51.6 Å². The number of nitrogens with one attached hydrogen (secondary N) is 1. The molecule has 0 aromatic carbocycles. The minimum atomic E-state index is 0.511. The maximum atomic E-state index is 3.71. The summed E-state index contributed by atoms with van der Waals surface area (Å²) >= 11 is 0. The van der Waals surface area contributed by atoms with Crippen LogP contribution in [-0.2, 0) is 0 Å². The number of nitrogens with zero attached hydrogens (tertiary/aromatic N) is 1. The molecule has 0 bridgehead atoms. The van der Waals surface area contributed by atoms with Gasteiger partial charge >= 0.3 is 0 Å². The van der Waals surface area contributed by atoms with Crippen molar-refractivity contribution in [2.75, 3.05) is 13.6 Å². The SMILES string of the molecule is CCCC(C)N(C)C1CC(C)(C)CCC1NCC. The van der Waals surface area contributed by atoms with Crippen LogP contribution in [-0.4, -0.2) is 36.6 Å². The van der Waals surface area contributed by atoms with E-state index in [1.54, 1.807) is 0 Å². The number of hydrogen-bond donors (Lipinski definition) is 1. The van der Waals surface area contributed by atoms with E-state index in [0.29, 0.717) is 23.5 Å². The minimum Gasteiger partial charge on any atom is -0.313 e. The van der Waals surface area contributed by atoms with Crippen molar-refractivity contribution < 1.29 is 0 Å². The van der Waals surface area contributed by atoms with Crippen LogP contribution >= 0.6 is 0 Å². The second kappa shape index (κ2) is 6.91. The first-order valence-electron chi connectivity index (χ1n) is 7.86. The number of likely N-dealkylation sites (N-methyl/N-ethyl adjacent to an activating group) is 2. The maximum Gasteiger partial charge on any atom is 0.0254 e. The van der Waals surface area contributed by atoms with Crippen molar-refractivity contribution in [3.8, 4) is 0 Å². The lowest BCUT2D eigenvalue weighted by Crippen LogP contribution is -2.55. The van der Waals surface area contributed by atoms with Gasteiger partial charge in [-0.15, -0.1) is 0 Å². The normalized spacial score (nSPS) is 29.5. The first-order chi connectivity index (χ1) is 8.41. The summed E-state index contributed by atoms with van der Waals surface area (Å²) in [5.41, 5.74) is 0.511. The molecule has 1 aliphatic rings. The zero-order valence-electron chi connectivity index (χ0n) is 13.4. The smallest absolute Gasteiger partial charge is 0.0254 e. The van der Waals surface area contributed by atoms with Crippen molar-refractivity contribution in [2.24, 2.45) is 5.41 Å². The zero-order valence-corrected chi connectivity index (χ0v) is 13.4.